The van der Waals surface area contributed by atoms with Crippen LogP contribution in [-0.2, 0) is 4.79 Å². The first-order valence-electron chi connectivity index (χ1n) is 6.57. The minimum Gasteiger partial charge on any atom is -0.508 e. The lowest BCUT2D eigenvalue weighted by Crippen LogP contribution is -2.28. The van der Waals surface area contributed by atoms with Crippen molar-refractivity contribution in [2.24, 2.45) is 0 Å². The molecule has 0 bridgehead atoms. The molecule has 3 nitrogen and oxygen atoms in total. The van der Waals surface area contributed by atoms with Gasteiger partial charge in [0.05, 0.1) is 6.04 Å². The molecule has 0 saturated heterocycles. The third kappa shape index (κ3) is 2.43. The predicted octanol–water partition coefficient (Wildman–Crippen LogP) is 3.43. The van der Waals surface area contributed by atoms with Gasteiger partial charge in [-0.25, -0.2) is 0 Å². The maximum absolute atomic E-state index is 11.7. The molecular weight excluding hydrogens is 250 g/mol. The molecule has 1 aliphatic heterocycles. The Morgan fingerprint density at radius 3 is 2.40 bits per heavy atom. The van der Waals surface area contributed by atoms with Gasteiger partial charge in [0, 0.05) is 18.3 Å². The number of hydrogen-bond donors (Lipinski definition) is 1. The summed E-state index contributed by atoms with van der Waals surface area (Å²) in [6.07, 6.45) is 3.89. The van der Waals surface area contributed by atoms with Crippen LogP contribution in [0, 0.1) is 0 Å². The standard InChI is InChI=1S/C17H15NO2/c19-15-8-6-13(7-9-15)17-12-16(20)10-11-18(17)14-4-2-1-3-5-14/h1-11,17,19H,12H2. The minimum absolute atomic E-state index is 0.0319. The predicted molar refractivity (Wildman–Crippen MR) is 78.5 cm³/mol. The zero-order valence-electron chi connectivity index (χ0n) is 10.9. The average Bonchev–Trinajstić information content (AvgIpc) is 2.49. The number of aromatic hydroxyl groups is 1. The molecule has 0 spiro atoms. The van der Waals surface area contributed by atoms with Crippen molar-refractivity contribution in [3.05, 3.63) is 72.4 Å². The van der Waals surface area contributed by atoms with E-state index in [1.807, 2.05) is 48.7 Å². The van der Waals surface area contributed by atoms with Gasteiger partial charge in [0.1, 0.15) is 5.75 Å². The fourth-order valence-electron chi connectivity index (χ4n) is 2.47. The molecule has 1 heterocycles. The number of nitrogens with zero attached hydrogens (tertiary/aromatic N) is 1. The quantitative estimate of drug-likeness (QED) is 0.904. The van der Waals surface area contributed by atoms with Crippen molar-refractivity contribution in [3.8, 4) is 5.75 Å². The normalized spacial score (nSPS) is 18.3. The maximum atomic E-state index is 11.7. The zero-order chi connectivity index (χ0) is 13.9. The van der Waals surface area contributed by atoms with Crippen molar-refractivity contribution in [1.29, 1.82) is 0 Å². The van der Waals surface area contributed by atoms with Crippen LogP contribution in [0.15, 0.2) is 66.9 Å². The molecule has 2 aromatic rings. The molecule has 0 saturated carbocycles. The summed E-state index contributed by atoms with van der Waals surface area (Å²) in [5.74, 6) is 0.355. The van der Waals surface area contributed by atoms with Crippen LogP contribution >= 0.6 is 0 Å². The molecule has 1 atom stereocenters. The highest BCUT2D eigenvalue weighted by Crippen LogP contribution is 2.33. The van der Waals surface area contributed by atoms with E-state index in [4.69, 9.17) is 0 Å². The first-order chi connectivity index (χ1) is 9.74. The van der Waals surface area contributed by atoms with Crippen LogP contribution in [0.5, 0.6) is 5.75 Å². The Morgan fingerprint density at radius 2 is 1.70 bits per heavy atom. The van der Waals surface area contributed by atoms with Gasteiger partial charge in [0.25, 0.3) is 0 Å². The molecule has 0 fully saturated rings. The Bertz CT molecular complexity index is 632. The zero-order valence-corrected chi connectivity index (χ0v) is 10.9. The molecule has 20 heavy (non-hydrogen) atoms. The molecule has 0 aromatic heterocycles. The van der Waals surface area contributed by atoms with E-state index in [9.17, 15) is 9.90 Å². The third-order valence-corrected chi connectivity index (χ3v) is 3.48. The highest BCUT2D eigenvalue weighted by molar-refractivity contribution is 5.92. The minimum atomic E-state index is -0.0319. The van der Waals surface area contributed by atoms with Crippen LogP contribution < -0.4 is 4.90 Å². The number of carbonyl (C=O) groups excluding carboxylic acids is 1. The first-order valence-corrected chi connectivity index (χ1v) is 6.57. The van der Waals surface area contributed by atoms with Crippen LogP contribution in [0.4, 0.5) is 5.69 Å². The number of carbonyl (C=O) groups is 1. The summed E-state index contributed by atoms with van der Waals surface area (Å²) in [6, 6.07) is 17.0. The van der Waals surface area contributed by atoms with E-state index in [1.165, 1.54) is 0 Å². The van der Waals surface area contributed by atoms with Gasteiger partial charge in [-0.15, -0.1) is 0 Å². The summed E-state index contributed by atoms with van der Waals surface area (Å²) in [5, 5.41) is 9.40. The van der Waals surface area contributed by atoms with Crippen molar-refractivity contribution in [2.75, 3.05) is 4.90 Å². The van der Waals surface area contributed by atoms with E-state index in [2.05, 4.69) is 4.90 Å². The van der Waals surface area contributed by atoms with Gasteiger partial charge >= 0.3 is 0 Å². The Morgan fingerprint density at radius 1 is 1.00 bits per heavy atom. The molecule has 1 aliphatic rings. The second kappa shape index (κ2) is 5.21. The molecule has 3 rings (SSSR count). The summed E-state index contributed by atoms with van der Waals surface area (Å²) in [4.78, 5) is 13.8. The van der Waals surface area contributed by atoms with Crippen molar-refractivity contribution >= 4 is 11.5 Å². The number of phenols is 1. The highest BCUT2D eigenvalue weighted by Gasteiger charge is 2.25. The van der Waals surface area contributed by atoms with E-state index in [1.54, 1.807) is 18.2 Å². The Kier molecular flexibility index (Phi) is 3.25. The lowest BCUT2D eigenvalue weighted by Gasteiger charge is -2.33. The molecule has 0 amide bonds. The second-order valence-corrected chi connectivity index (χ2v) is 4.84. The van der Waals surface area contributed by atoms with Gasteiger partial charge in [0.15, 0.2) is 5.78 Å². The molecule has 0 aliphatic carbocycles. The monoisotopic (exact) mass is 265 g/mol. The maximum Gasteiger partial charge on any atom is 0.159 e. The fourth-order valence-corrected chi connectivity index (χ4v) is 2.47. The first kappa shape index (κ1) is 12.5. The van der Waals surface area contributed by atoms with E-state index in [0.29, 0.717) is 6.42 Å². The SMILES string of the molecule is O=C1C=CN(c2ccccc2)C(c2ccc(O)cc2)C1. The van der Waals surface area contributed by atoms with Crippen molar-refractivity contribution < 1.29 is 9.90 Å². The number of para-hydroxylation sites is 1. The van der Waals surface area contributed by atoms with Gasteiger partial charge in [-0.05, 0) is 35.9 Å². The third-order valence-electron chi connectivity index (χ3n) is 3.48. The van der Waals surface area contributed by atoms with Crippen molar-refractivity contribution in [3.63, 3.8) is 0 Å². The Labute approximate surface area is 117 Å². The van der Waals surface area contributed by atoms with Crippen LogP contribution in [-0.4, -0.2) is 10.9 Å². The average molecular weight is 265 g/mol. The molecule has 3 heteroatoms. The largest absolute Gasteiger partial charge is 0.508 e. The summed E-state index contributed by atoms with van der Waals surface area (Å²) >= 11 is 0. The number of anilines is 1. The van der Waals surface area contributed by atoms with Crippen LogP contribution in [0.25, 0.3) is 0 Å². The van der Waals surface area contributed by atoms with Gasteiger partial charge in [-0.2, -0.15) is 0 Å². The summed E-state index contributed by atoms with van der Waals surface area (Å²) in [7, 11) is 0. The molecule has 1 unspecified atom stereocenters. The van der Waals surface area contributed by atoms with Crippen LogP contribution in [0.1, 0.15) is 18.0 Å². The van der Waals surface area contributed by atoms with Crippen molar-refractivity contribution in [2.45, 2.75) is 12.5 Å². The van der Waals surface area contributed by atoms with Crippen molar-refractivity contribution in [1.82, 2.24) is 0 Å². The lowest BCUT2D eigenvalue weighted by atomic mass is 9.96. The lowest BCUT2D eigenvalue weighted by molar-refractivity contribution is -0.115. The number of phenolic OH excluding ortho intramolecular Hbond substituents is 1. The highest BCUT2D eigenvalue weighted by atomic mass is 16.3. The topological polar surface area (TPSA) is 40.5 Å². The van der Waals surface area contributed by atoms with E-state index in [0.717, 1.165) is 11.3 Å². The Hall–Kier alpha value is -2.55. The summed E-state index contributed by atoms with van der Waals surface area (Å²) in [5.41, 5.74) is 2.07. The molecular formula is C17H15NO2. The number of ketones is 1. The Balaban J connectivity index is 2.00. The summed E-state index contributed by atoms with van der Waals surface area (Å²) < 4.78 is 0. The molecule has 0 radical (unpaired) electrons. The van der Waals surface area contributed by atoms with Crippen LogP contribution in [0.3, 0.4) is 0 Å². The molecule has 2 aromatic carbocycles. The second-order valence-electron chi connectivity index (χ2n) is 4.84. The number of hydrogen-bond acceptors (Lipinski definition) is 3. The van der Waals surface area contributed by atoms with Crippen LogP contribution in [0.2, 0.25) is 0 Å². The smallest absolute Gasteiger partial charge is 0.159 e. The van der Waals surface area contributed by atoms with Gasteiger partial charge in [0.2, 0.25) is 0 Å². The van der Waals surface area contributed by atoms with Gasteiger partial charge in [-0.1, -0.05) is 30.3 Å². The van der Waals surface area contributed by atoms with E-state index in [-0.39, 0.29) is 17.6 Å². The summed E-state index contributed by atoms with van der Waals surface area (Å²) in [6.45, 7) is 0. The van der Waals surface area contributed by atoms with E-state index < -0.39 is 0 Å². The van der Waals surface area contributed by atoms with Gasteiger partial charge < -0.3 is 10.0 Å². The van der Waals surface area contributed by atoms with Gasteiger partial charge in [-0.3, -0.25) is 4.79 Å². The number of rotatable bonds is 2. The fraction of sp³-hybridized carbons (Fsp3) is 0.118. The number of benzene rings is 2. The van der Waals surface area contributed by atoms with E-state index >= 15 is 0 Å². The number of allylic oxidation sites excluding steroid dienone is 1. The molecule has 100 valence electrons. The molecule has 1 N–H and O–H groups in total.